The Morgan fingerprint density at radius 3 is 2.43 bits per heavy atom. The van der Waals surface area contributed by atoms with E-state index in [-0.39, 0.29) is 10.9 Å². The molecule has 0 aromatic carbocycles. The minimum absolute atomic E-state index is 0.0334. The quantitative estimate of drug-likeness (QED) is 0.758. The number of sulfone groups is 1. The highest BCUT2D eigenvalue weighted by Gasteiger charge is 2.17. The molecule has 0 unspecified atom stereocenters. The van der Waals surface area contributed by atoms with Gasteiger partial charge >= 0.3 is 0 Å². The number of nitrogens with zero attached hydrogens (tertiary/aromatic N) is 1. The third-order valence-electron chi connectivity index (χ3n) is 1.82. The number of halogens is 1. The summed E-state index contributed by atoms with van der Waals surface area (Å²) in [5.41, 5.74) is 0.424. The van der Waals surface area contributed by atoms with E-state index in [1.807, 2.05) is 0 Å². The Morgan fingerprint density at radius 2 is 2.00 bits per heavy atom. The summed E-state index contributed by atoms with van der Waals surface area (Å²) < 4.78 is 35.4. The van der Waals surface area contributed by atoms with Crippen molar-refractivity contribution in [1.82, 2.24) is 4.98 Å². The molecule has 0 fully saturated rings. The van der Waals surface area contributed by atoms with Crippen LogP contribution in [0.5, 0.6) is 0 Å². The second-order valence-corrected chi connectivity index (χ2v) is 5.41. The predicted octanol–water partition coefficient (Wildman–Crippen LogP) is 1.75. The standard InChI is InChI=1S/C9H12FNO2S/c1-6(2)8-4-7(10)5-11-9(8)14(3,12)13/h4-6H,1-3H3. The first-order chi connectivity index (χ1) is 6.32. The van der Waals surface area contributed by atoms with Crippen LogP contribution in [-0.2, 0) is 9.84 Å². The maximum absolute atomic E-state index is 12.8. The molecule has 14 heavy (non-hydrogen) atoms. The average molecular weight is 217 g/mol. The zero-order valence-corrected chi connectivity index (χ0v) is 9.10. The van der Waals surface area contributed by atoms with Gasteiger partial charge in [0, 0.05) is 6.26 Å². The van der Waals surface area contributed by atoms with E-state index < -0.39 is 15.7 Å². The number of rotatable bonds is 2. The van der Waals surface area contributed by atoms with Gasteiger partial charge in [-0.15, -0.1) is 0 Å². The molecule has 5 heteroatoms. The van der Waals surface area contributed by atoms with Crippen LogP contribution in [0.1, 0.15) is 25.3 Å². The van der Waals surface area contributed by atoms with E-state index in [0.29, 0.717) is 5.56 Å². The molecule has 78 valence electrons. The summed E-state index contributed by atoms with van der Waals surface area (Å²) in [5, 5.41) is -0.0334. The smallest absolute Gasteiger partial charge is 0.193 e. The van der Waals surface area contributed by atoms with Gasteiger partial charge < -0.3 is 0 Å². The van der Waals surface area contributed by atoms with Gasteiger partial charge in [-0.05, 0) is 17.5 Å². The van der Waals surface area contributed by atoms with Gasteiger partial charge in [0.2, 0.25) is 0 Å². The lowest BCUT2D eigenvalue weighted by Crippen LogP contribution is -2.07. The summed E-state index contributed by atoms with van der Waals surface area (Å²) in [6, 6.07) is 1.22. The summed E-state index contributed by atoms with van der Waals surface area (Å²) >= 11 is 0. The molecule has 0 bridgehead atoms. The van der Waals surface area contributed by atoms with Crippen molar-refractivity contribution < 1.29 is 12.8 Å². The Hall–Kier alpha value is -0.970. The average Bonchev–Trinajstić information content (AvgIpc) is 2.01. The minimum Gasteiger partial charge on any atom is -0.241 e. The van der Waals surface area contributed by atoms with E-state index in [1.165, 1.54) is 6.07 Å². The van der Waals surface area contributed by atoms with Crippen LogP contribution in [0.15, 0.2) is 17.3 Å². The first kappa shape index (κ1) is 11.1. The molecule has 0 saturated heterocycles. The Kier molecular flexibility index (Phi) is 2.89. The summed E-state index contributed by atoms with van der Waals surface area (Å²) in [6.45, 7) is 3.59. The lowest BCUT2D eigenvalue weighted by Gasteiger charge is -2.09. The lowest BCUT2D eigenvalue weighted by atomic mass is 10.1. The first-order valence-electron chi connectivity index (χ1n) is 4.18. The van der Waals surface area contributed by atoms with Crippen molar-refractivity contribution in [2.24, 2.45) is 0 Å². The van der Waals surface area contributed by atoms with Crippen LogP contribution >= 0.6 is 0 Å². The van der Waals surface area contributed by atoms with Crippen LogP contribution in [0.4, 0.5) is 4.39 Å². The molecular formula is C9H12FNO2S. The zero-order chi connectivity index (χ0) is 10.9. The first-order valence-corrected chi connectivity index (χ1v) is 6.07. The summed E-state index contributed by atoms with van der Waals surface area (Å²) in [4.78, 5) is 3.61. The lowest BCUT2D eigenvalue weighted by molar-refractivity contribution is 0.585. The van der Waals surface area contributed by atoms with E-state index in [0.717, 1.165) is 12.5 Å². The predicted molar refractivity (Wildman–Crippen MR) is 51.4 cm³/mol. The molecule has 1 heterocycles. The fraction of sp³-hybridized carbons (Fsp3) is 0.444. The third-order valence-corrected chi connectivity index (χ3v) is 2.86. The maximum Gasteiger partial charge on any atom is 0.193 e. The van der Waals surface area contributed by atoms with Crippen LogP contribution in [0.25, 0.3) is 0 Å². The molecule has 0 N–H and O–H groups in total. The molecule has 0 atom stereocenters. The van der Waals surface area contributed by atoms with E-state index in [1.54, 1.807) is 13.8 Å². The van der Waals surface area contributed by atoms with Crippen LogP contribution in [0.2, 0.25) is 0 Å². The summed E-state index contributed by atoms with van der Waals surface area (Å²) in [5.74, 6) is -0.580. The van der Waals surface area contributed by atoms with Gasteiger partial charge in [-0.1, -0.05) is 13.8 Å². The molecule has 0 aliphatic heterocycles. The molecule has 1 aromatic rings. The van der Waals surface area contributed by atoms with Crippen molar-refractivity contribution >= 4 is 9.84 Å². The van der Waals surface area contributed by atoms with Crippen LogP contribution in [-0.4, -0.2) is 19.7 Å². The van der Waals surface area contributed by atoms with Gasteiger partial charge in [-0.2, -0.15) is 0 Å². The highest BCUT2D eigenvalue weighted by molar-refractivity contribution is 7.90. The zero-order valence-electron chi connectivity index (χ0n) is 8.28. The monoisotopic (exact) mass is 217 g/mol. The summed E-state index contributed by atoms with van der Waals surface area (Å²) in [6.07, 6.45) is 1.99. The van der Waals surface area contributed by atoms with Crippen LogP contribution in [0.3, 0.4) is 0 Å². The SMILES string of the molecule is CC(C)c1cc(F)cnc1S(C)(=O)=O. The van der Waals surface area contributed by atoms with Gasteiger partial charge in [-0.25, -0.2) is 17.8 Å². The van der Waals surface area contributed by atoms with Gasteiger partial charge in [0.05, 0.1) is 6.20 Å². The molecule has 0 aliphatic carbocycles. The Morgan fingerprint density at radius 1 is 1.43 bits per heavy atom. The minimum atomic E-state index is -3.37. The van der Waals surface area contributed by atoms with Crippen LogP contribution < -0.4 is 0 Å². The molecule has 0 amide bonds. The van der Waals surface area contributed by atoms with Gasteiger partial charge in [0.25, 0.3) is 0 Å². The normalized spacial score (nSPS) is 12.1. The highest BCUT2D eigenvalue weighted by atomic mass is 32.2. The van der Waals surface area contributed by atoms with E-state index in [4.69, 9.17) is 0 Å². The number of hydrogen-bond acceptors (Lipinski definition) is 3. The Labute approximate surface area is 82.9 Å². The van der Waals surface area contributed by atoms with E-state index in [9.17, 15) is 12.8 Å². The van der Waals surface area contributed by atoms with E-state index >= 15 is 0 Å². The van der Waals surface area contributed by atoms with Crippen molar-refractivity contribution in [1.29, 1.82) is 0 Å². The number of hydrogen-bond donors (Lipinski definition) is 0. The summed E-state index contributed by atoms with van der Waals surface area (Å²) in [7, 11) is -3.37. The molecule has 3 nitrogen and oxygen atoms in total. The molecule has 0 spiro atoms. The fourth-order valence-electron chi connectivity index (χ4n) is 1.17. The second-order valence-electron chi connectivity index (χ2n) is 3.47. The number of pyridine rings is 1. The maximum atomic E-state index is 12.8. The molecule has 0 radical (unpaired) electrons. The molecular weight excluding hydrogens is 205 g/mol. The van der Waals surface area contributed by atoms with Crippen molar-refractivity contribution in [3.8, 4) is 0 Å². The molecule has 1 aromatic heterocycles. The third kappa shape index (κ3) is 2.29. The van der Waals surface area contributed by atoms with Crippen LogP contribution in [0, 0.1) is 5.82 Å². The van der Waals surface area contributed by atoms with Gasteiger partial charge in [0.15, 0.2) is 14.9 Å². The molecule has 0 aliphatic rings. The largest absolute Gasteiger partial charge is 0.241 e. The van der Waals surface area contributed by atoms with Crippen molar-refractivity contribution in [3.05, 3.63) is 23.6 Å². The highest BCUT2D eigenvalue weighted by Crippen LogP contribution is 2.22. The van der Waals surface area contributed by atoms with E-state index in [2.05, 4.69) is 4.98 Å². The van der Waals surface area contributed by atoms with Crippen molar-refractivity contribution in [2.75, 3.05) is 6.26 Å². The Balaban J connectivity index is 3.45. The fourth-order valence-corrected chi connectivity index (χ4v) is 2.13. The van der Waals surface area contributed by atoms with Gasteiger partial charge in [-0.3, -0.25) is 0 Å². The van der Waals surface area contributed by atoms with Gasteiger partial charge in [0.1, 0.15) is 5.82 Å². The second kappa shape index (κ2) is 3.65. The van der Waals surface area contributed by atoms with Crippen molar-refractivity contribution in [3.63, 3.8) is 0 Å². The Bertz CT molecular complexity index is 440. The molecule has 0 saturated carbocycles. The molecule has 1 rings (SSSR count). The topological polar surface area (TPSA) is 47.0 Å². The number of aromatic nitrogens is 1. The van der Waals surface area contributed by atoms with Crippen molar-refractivity contribution in [2.45, 2.75) is 24.8 Å².